The molecule has 2 aromatic heterocycles. The van der Waals surface area contributed by atoms with Crippen LogP contribution in [-0.2, 0) is 23.6 Å². The molecule has 1 fully saturated rings. The molecule has 1 aliphatic heterocycles. The van der Waals surface area contributed by atoms with Crippen LogP contribution in [0.4, 0.5) is 0 Å². The first-order valence-corrected chi connectivity index (χ1v) is 10.3. The van der Waals surface area contributed by atoms with E-state index in [9.17, 15) is 22.8 Å². The van der Waals surface area contributed by atoms with E-state index in [0.29, 0.717) is 18.8 Å². The van der Waals surface area contributed by atoms with E-state index in [1.165, 1.54) is 40.4 Å². The average molecular weight is 406 g/mol. The van der Waals surface area contributed by atoms with Gasteiger partial charge in [-0.1, -0.05) is 0 Å². The maximum absolute atomic E-state index is 12.7. The Morgan fingerprint density at radius 1 is 1.14 bits per heavy atom. The van der Waals surface area contributed by atoms with Gasteiger partial charge in [-0.05, 0) is 25.0 Å². The molecule has 1 N–H and O–H groups in total. The van der Waals surface area contributed by atoms with E-state index >= 15 is 0 Å². The van der Waals surface area contributed by atoms with Gasteiger partial charge in [-0.25, -0.2) is 8.42 Å². The summed E-state index contributed by atoms with van der Waals surface area (Å²) in [4.78, 5) is 36.5. The van der Waals surface area contributed by atoms with Gasteiger partial charge >= 0.3 is 0 Å². The lowest BCUT2D eigenvalue weighted by atomic mass is 10.2. The summed E-state index contributed by atoms with van der Waals surface area (Å²) in [5.41, 5.74) is 0.0977. The number of aromatic nitrogens is 2. The highest BCUT2D eigenvalue weighted by atomic mass is 32.2. The number of rotatable bonds is 6. The Morgan fingerprint density at radius 2 is 1.82 bits per heavy atom. The lowest BCUT2D eigenvalue weighted by molar-refractivity contribution is 0.0953. The van der Waals surface area contributed by atoms with Crippen LogP contribution in [-0.4, -0.2) is 53.7 Å². The van der Waals surface area contributed by atoms with Crippen LogP contribution in [0.1, 0.15) is 33.7 Å². The molecule has 0 atom stereocenters. The summed E-state index contributed by atoms with van der Waals surface area (Å²) in [6.07, 6.45) is 4.32. The van der Waals surface area contributed by atoms with Crippen LogP contribution >= 0.6 is 0 Å². The van der Waals surface area contributed by atoms with E-state index in [1.807, 2.05) is 0 Å². The number of nitrogens with zero attached hydrogens (tertiary/aromatic N) is 3. The Labute approximate surface area is 162 Å². The van der Waals surface area contributed by atoms with Crippen LogP contribution in [0, 0.1) is 0 Å². The smallest absolute Gasteiger partial charge is 0.267 e. The second-order valence-electron chi connectivity index (χ2n) is 6.67. The maximum atomic E-state index is 12.7. The number of hydrogen-bond acceptors (Lipinski definition) is 5. The highest BCUT2D eigenvalue weighted by Gasteiger charge is 2.28. The summed E-state index contributed by atoms with van der Waals surface area (Å²) in [5.74, 6) is -0.735. The Morgan fingerprint density at radius 3 is 2.46 bits per heavy atom. The van der Waals surface area contributed by atoms with Gasteiger partial charge in [-0.15, -0.1) is 0 Å². The number of nitrogens with one attached hydrogen (secondary N) is 1. The zero-order valence-corrected chi connectivity index (χ0v) is 16.5. The van der Waals surface area contributed by atoms with Crippen molar-refractivity contribution in [3.63, 3.8) is 0 Å². The Bertz CT molecular complexity index is 1080. The first-order chi connectivity index (χ1) is 13.2. The van der Waals surface area contributed by atoms with Gasteiger partial charge in [0.05, 0.1) is 11.4 Å². The van der Waals surface area contributed by atoms with E-state index < -0.39 is 21.4 Å². The van der Waals surface area contributed by atoms with Crippen LogP contribution < -0.4 is 10.9 Å². The van der Waals surface area contributed by atoms with E-state index in [4.69, 9.17) is 0 Å². The number of amides is 1. The minimum atomic E-state index is -3.69. The predicted octanol–water partition coefficient (Wildman–Crippen LogP) is 0.214. The third-order valence-electron chi connectivity index (χ3n) is 4.76. The highest BCUT2D eigenvalue weighted by molar-refractivity contribution is 7.89. The van der Waals surface area contributed by atoms with E-state index in [2.05, 4.69) is 5.32 Å². The normalized spacial score (nSPS) is 14.9. The van der Waals surface area contributed by atoms with Gasteiger partial charge in [0.1, 0.15) is 5.69 Å². The Kier molecular flexibility index (Phi) is 5.52. The van der Waals surface area contributed by atoms with E-state index in [0.717, 1.165) is 23.5 Å². The molecule has 2 aromatic rings. The van der Waals surface area contributed by atoms with Crippen molar-refractivity contribution < 1.29 is 18.0 Å². The van der Waals surface area contributed by atoms with Crippen molar-refractivity contribution in [2.24, 2.45) is 7.05 Å². The first-order valence-electron chi connectivity index (χ1n) is 8.86. The third kappa shape index (κ3) is 3.78. The third-order valence-corrected chi connectivity index (χ3v) is 6.64. The molecule has 1 amide bonds. The summed E-state index contributed by atoms with van der Waals surface area (Å²) in [6.45, 7) is 0.582. The molecular formula is C18H22N4O5S. The zero-order chi connectivity index (χ0) is 20.5. The molecule has 10 heteroatoms. The zero-order valence-electron chi connectivity index (χ0n) is 15.7. The second kappa shape index (κ2) is 7.72. The molecule has 0 unspecified atom stereocenters. The molecule has 0 spiro atoms. The van der Waals surface area contributed by atoms with Gasteiger partial charge < -0.3 is 14.5 Å². The van der Waals surface area contributed by atoms with Gasteiger partial charge in [-0.3, -0.25) is 14.4 Å². The van der Waals surface area contributed by atoms with Gasteiger partial charge in [0.25, 0.3) is 11.5 Å². The van der Waals surface area contributed by atoms with Crippen LogP contribution in [0.3, 0.4) is 0 Å². The number of sulfonamides is 1. The molecule has 0 bridgehead atoms. The summed E-state index contributed by atoms with van der Waals surface area (Å²) >= 11 is 0. The van der Waals surface area contributed by atoms with Crippen molar-refractivity contribution in [1.82, 2.24) is 18.8 Å². The molecule has 3 rings (SSSR count). The molecule has 9 nitrogen and oxygen atoms in total. The number of pyridine rings is 1. The molecular weight excluding hydrogens is 384 g/mol. The SMILES string of the molecule is CNC(=O)c1cc(C(=O)Cn2cc(S(=O)(=O)N3CCCC3)ccc2=O)cn1C. The van der Waals surface area contributed by atoms with Crippen molar-refractivity contribution >= 4 is 21.7 Å². The topological polar surface area (TPSA) is 110 Å². The number of aryl methyl sites for hydroxylation is 1. The van der Waals surface area contributed by atoms with Gasteiger partial charge in [0.15, 0.2) is 5.78 Å². The molecule has 1 saturated heterocycles. The molecule has 0 aliphatic carbocycles. The molecule has 150 valence electrons. The molecule has 0 radical (unpaired) electrons. The molecule has 0 aromatic carbocycles. The number of Topliss-reactive ketones (excluding diaryl/α,β-unsaturated/α-hetero) is 1. The maximum Gasteiger partial charge on any atom is 0.267 e. The number of carbonyl (C=O) groups excluding carboxylic acids is 2. The van der Waals surface area contributed by atoms with Crippen molar-refractivity contribution in [2.45, 2.75) is 24.3 Å². The molecule has 28 heavy (non-hydrogen) atoms. The monoisotopic (exact) mass is 406 g/mol. The van der Waals surface area contributed by atoms with Crippen molar-refractivity contribution in [3.05, 3.63) is 52.2 Å². The quantitative estimate of drug-likeness (QED) is 0.690. The Balaban J connectivity index is 1.87. The van der Waals surface area contributed by atoms with Crippen molar-refractivity contribution in [2.75, 3.05) is 20.1 Å². The van der Waals surface area contributed by atoms with Crippen molar-refractivity contribution in [1.29, 1.82) is 0 Å². The van der Waals surface area contributed by atoms with Gasteiger partial charge in [0, 0.05) is 51.2 Å². The number of hydrogen-bond donors (Lipinski definition) is 1. The van der Waals surface area contributed by atoms with E-state index in [1.54, 1.807) is 7.05 Å². The fourth-order valence-corrected chi connectivity index (χ4v) is 4.72. The van der Waals surface area contributed by atoms with Crippen LogP contribution in [0.15, 0.2) is 40.3 Å². The largest absolute Gasteiger partial charge is 0.354 e. The molecule has 0 saturated carbocycles. The summed E-state index contributed by atoms with van der Waals surface area (Å²) < 4.78 is 29.4. The van der Waals surface area contributed by atoms with Crippen LogP contribution in [0.2, 0.25) is 0 Å². The van der Waals surface area contributed by atoms with Gasteiger partial charge in [0.2, 0.25) is 10.0 Å². The fraction of sp³-hybridized carbons (Fsp3) is 0.389. The Hall–Kier alpha value is -2.72. The number of ketones is 1. The highest BCUT2D eigenvalue weighted by Crippen LogP contribution is 2.20. The first kappa shape index (κ1) is 20.0. The fourth-order valence-electron chi connectivity index (χ4n) is 3.18. The summed E-state index contributed by atoms with van der Waals surface area (Å²) in [6, 6.07) is 3.86. The minimum absolute atomic E-state index is 0.0130. The molecule has 3 heterocycles. The minimum Gasteiger partial charge on any atom is -0.354 e. The van der Waals surface area contributed by atoms with Crippen LogP contribution in [0.25, 0.3) is 0 Å². The summed E-state index contributed by atoms with van der Waals surface area (Å²) in [5, 5.41) is 2.49. The second-order valence-corrected chi connectivity index (χ2v) is 8.61. The van der Waals surface area contributed by atoms with Crippen molar-refractivity contribution in [3.8, 4) is 0 Å². The predicted molar refractivity (Wildman–Crippen MR) is 102 cm³/mol. The van der Waals surface area contributed by atoms with E-state index in [-0.39, 0.29) is 22.9 Å². The average Bonchev–Trinajstić information content (AvgIpc) is 3.33. The number of carbonyl (C=O) groups is 2. The summed E-state index contributed by atoms with van der Waals surface area (Å²) in [7, 11) is -0.566. The standard InChI is InChI=1S/C18H22N4O5S/c1-19-18(25)15-9-13(10-20(15)2)16(23)12-21-11-14(5-6-17(21)24)28(26,27)22-7-3-4-8-22/h5-6,9-11H,3-4,7-8,12H2,1-2H3,(H,19,25). The lowest BCUT2D eigenvalue weighted by Crippen LogP contribution is -2.30. The van der Waals surface area contributed by atoms with Gasteiger partial charge in [-0.2, -0.15) is 4.31 Å². The lowest BCUT2D eigenvalue weighted by Gasteiger charge is -2.16. The van der Waals surface area contributed by atoms with Crippen LogP contribution in [0.5, 0.6) is 0 Å². The molecule has 1 aliphatic rings.